The van der Waals surface area contributed by atoms with E-state index in [2.05, 4.69) is 12.1 Å². The van der Waals surface area contributed by atoms with Crippen LogP contribution in [-0.2, 0) is 12.8 Å². The van der Waals surface area contributed by atoms with Gasteiger partial charge in [-0.25, -0.2) is 0 Å². The van der Waals surface area contributed by atoms with Crippen LogP contribution >= 0.6 is 0 Å². The monoisotopic (exact) mass is 260 g/mol. The normalized spacial score (nSPS) is 12.9. The summed E-state index contributed by atoms with van der Waals surface area (Å²) in [7, 11) is 0. The van der Waals surface area contributed by atoms with Crippen LogP contribution in [-0.4, -0.2) is 0 Å². The first-order valence-corrected chi connectivity index (χ1v) is 6.70. The lowest BCUT2D eigenvalue weighted by Gasteiger charge is -2.15. The topological polar surface area (TPSA) is 47.6 Å². The average molecular weight is 260 g/mol. The third kappa shape index (κ3) is 3.70. The summed E-state index contributed by atoms with van der Waals surface area (Å²) in [6, 6.07) is 24.4. The van der Waals surface area contributed by atoms with Gasteiger partial charge in [-0.3, -0.25) is 0 Å². The van der Waals surface area contributed by atoms with E-state index in [1.54, 1.807) is 0 Å². The minimum atomic E-state index is -0.275. The molecule has 2 aromatic carbocycles. The van der Waals surface area contributed by atoms with Gasteiger partial charge < -0.3 is 0 Å². The molecule has 0 bridgehead atoms. The highest BCUT2D eigenvalue weighted by molar-refractivity contribution is 5.21. The summed E-state index contributed by atoms with van der Waals surface area (Å²) in [4.78, 5) is 0. The van der Waals surface area contributed by atoms with Crippen molar-refractivity contribution in [2.75, 3.05) is 0 Å². The zero-order valence-electron chi connectivity index (χ0n) is 11.2. The molecule has 2 rings (SSSR count). The molecular weight excluding hydrogens is 244 g/mol. The Kier molecular flexibility index (Phi) is 4.93. The molecule has 0 fully saturated rings. The fourth-order valence-corrected chi connectivity index (χ4v) is 2.29. The maximum atomic E-state index is 9.37. The van der Waals surface area contributed by atoms with Crippen molar-refractivity contribution in [1.29, 1.82) is 10.5 Å². The molecule has 0 spiro atoms. The second-order valence-corrected chi connectivity index (χ2v) is 4.85. The van der Waals surface area contributed by atoms with E-state index in [4.69, 9.17) is 0 Å². The van der Waals surface area contributed by atoms with E-state index in [0.717, 1.165) is 11.1 Å². The lowest BCUT2D eigenvalue weighted by Crippen LogP contribution is -2.16. The Hall–Kier alpha value is -2.58. The molecule has 98 valence electrons. The van der Waals surface area contributed by atoms with Gasteiger partial charge in [0.1, 0.15) is 0 Å². The van der Waals surface area contributed by atoms with Crippen molar-refractivity contribution >= 4 is 0 Å². The van der Waals surface area contributed by atoms with Gasteiger partial charge in [-0.1, -0.05) is 60.7 Å². The molecule has 0 aliphatic heterocycles. The molecule has 0 amide bonds. The van der Waals surface area contributed by atoms with Crippen LogP contribution in [0.25, 0.3) is 0 Å². The highest BCUT2D eigenvalue weighted by Crippen LogP contribution is 2.21. The lowest BCUT2D eigenvalue weighted by molar-refractivity contribution is 0.490. The van der Waals surface area contributed by atoms with Crippen molar-refractivity contribution < 1.29 is 0 Å². The summed E-state index contributed by atoms with van der Waals surface area (Å²) in [5, 5.41) is 18.7. The molecule has 0 saturated heterocycles. The van der Waals surface area contributed by atoms with Crippen molar-refractivity contribution in [1.82, 2.24) is 0 Å². The molecule has 2 aromatic rings. The van der Waals surface area contributed by atoms with Crippen LogP contribution in [0, 0.1) is 34.5 Å². The number of nitrogens with zero attached hydrogens (tertiary/aromatic N) is 2. The molecule has 0 heterocycles. The van der Waals surface area contributed by atoms with E-state index in [1.165, 1.54) is 0 Å². The number of benzene rings is 2. The minimum Gasteiger partial charge on any atom is -0.198 e. The van der Waals surface area contributed by atoms with E-state index in [-0.39, 0.29) is 11.8 Å². The van der Waals surface area contributed by atoms with Crippen molar-refractivity contribution in [3.63, 3.8) is 0 Å². The molecule has 0 radical (unpaired) electrons. The van der Waals surface area contributed by atoms with Gasteiger partial charge >= 0.3 is 0 Å². The summed E-state index contributed by atoms with van der Waals surface area (Å²) >= 11 is 0. The van der Waals surface area contributed by atoms with Crippen LogP contribution in [0.15, 0.2) is 60.7 Å². The van der Waals surface area contributed by atoms with Crippen LogP contribution in [0.3, 0.4) is 0 Å². The maximum Gasteiger partial charge on any atom is 0.0673 e. The molecule has 0 aliphatic carbocycles. The van der Waals surface area contributed by atoms with Gasteiger partial charge in [0.2, 0.25) is 0 Å². The Morgan fingerprint density at radius 3 is 1.30 bits per heavy atom. The molecule has 0 saturated carbocycles. The van der Waals surface area contributed by atoms with Crippen LogP contribution in [0.4, 0.5) is 0 Å². The van der Waals surface area contributed by atoms with Crippen LogP contribution in [0.1, 0.15) is 11.1 Å². The van der Waals surface area contributed by atoms with E-state index >= 15 is 0 Å². The van der Waals surface area contributed by atoms with Crippen molar-refractivity contribution in [3.8, 4) is 12.1 Å². The number of hydrogen-bond acceptors (Lipinski definition) is 2. The first kappa shape index (κ1) is 13.8. The zero-order valence-corrected chi connectivity index (χ0v) is 11.2. The first-order valence-electron chi connectivity index (χ1n) is 6.70. The number of nitriles is 2. The van der Waals surface area contributed by atoms with Gasteiger partial charge in [0, 0.05) is 0 Å². The lowest BCUT2D eigenvalue weighted by atomic mass is 9.84. The van der Waals surface area contributed by atoms with Gasteiger partial charge in [-0.15, -0.1) is 0 Å². The summed E-state index contributed by atoms with van der Waals surface area (Å²) in [6.07, 6.45) is 1.25. The zero-order chi connectivity index (χ0) is 14.2. The van der Waals surface area contributed by atoms with Gasteiger partial charge in [0.15, 0.2) is 0 Å². The molecule has 20 heavy (non-hydrogen) atoms. The van der Waals surface area contributed by atoms with Crippen LogP contribution in [0.2, 0.25) is 0 Å². The first-order chi connectivity index (χ1) is 9.83. The van der Waals surface area contributed by atoms with Crippen molar-refractivity contribution in [2.24, 2.45) is 11.8 Å². The highest BCUT2D eigenvalue weighted by atomic mass is 14.3. The van der Waals surface area contributed by atoms with E-state index < -0.39 is 0 Å². The summed E-state index contributed by atoms with van der Waals surface area (Å²) in [6.45, 7) is 0. The van der Waals surface area contributed by atoms with Gasteiger partial charge in [0.05, 0.1) is 24.0 Å². The third-order valence-electron chi connectivity index (χ3n) is 3.41. The predicted octanol–water partition coefficient (Wildman–Crippen LogP) is 3.75. The van der Waals surface area contributed by atoms with E-state index in [0.29, 0.717) is 12.8 Å². The quantitative estimate of drug-likeness (QED) is 0.822. The van der Waals surface area contributed by atoms with Gasteiger partial charge in [-0.05, 0) is 24.0 Å². The Balaban J connectivity index is 2.09. The summed E-state index contributed by atoms with van der Waals surface area (Å²) in [5.74, 6) is -0.551. The fraction of sp³-hybridized carbons (Fsp3) is 0.222. The molecule has 0 aromatic heterocycles. The Morgan fingerprint density at radius 2 is 1.00 bits per heavy atom. The standard InChI is InChI=1S/C18H16N2/c19-13-17(11-15-7-3-1-4-8-15)18(14-20)12-16-9-5-2-6-10-16/h1-10,17-18H,11-12H2. The van der Waals surface area contributed by atoms with Crippen molar-refractivity contribution in [2.45, 2.75) is 12.8 Å². The largest absolute Gasteiger partial charge is 0.198 e. The third-order valence-corrected chi connectivity index (χ3v) is 3.41. The fourth-order valence-electron chi connectivity index (χ4n) is 2.29. The van der Waals surface area contributed by atoms with Crippen molar-refractivity contribution in [3.05, 3.63) is 71.8 Å². The molecule has 2 atom stereocenters. The highest BCUT2D eigenvalue weighted by Gasteiger charge is 2.21. The Bertz CT molecular complexity index is 548. The minimum absolute atomic E-state index is 0.275. The van der Waals surface area contributed by atoms with Crippen LogP contribution in [0.5, 0.6) is 0 Å². The van der Waals surface area contributed by atoms with Gasteiger partial charge in [0.25, 0.3) is 0 Å². The molecular formula is C18H16N2. The second kappa shape index (κ2) is 7.12. The summed E-state index contributed by atoms with van der Waals surface area (Å²) in [5.41, 5.74) is 2.21. The molecule has 2 nitrogen and oxygen atoms in total. The average Bonchev–Trinajstić information content (AvgIpc) is 2.52. The Morgan fingerprint density at radius 1 is 0.650 bits per heavy atom. The van der Waals surface area contributed by atoms with E-state index in [1.807, 2.05) is 60.7 Å². The molecule has 0 N–H and O–H groups in total. The second-order valence-electron chi connectivity index (χ2n) is 4.85. The SMILES string of the molecule is N#CC(Cc1ccccc1)C(C#N)Cc1ccccc1. The maximum absolute atomic E-state index is 9.37. The van der Waals surface area contributed by atoms with E-state index in [9.17, 15) is 10.5 Å². The smallest absolute Gasteiger partial charge is 0.0673 e. The molecule has 0 aliphatic rings. The predicted molar refractivity (Wildman–Crippen MR) is 78.5 cm³/mol. The molecule has 2 heteroatoms. The van der Waals surface area contributed by atoms with Gasteiger partial charge in [-0.2, -0.15) is 10.5 Å². The Labute approximate surface area is 119 Å². The number of rotatable bonds is 5. The molecule has 2 unspecified atom stereocenters. The number of hydrogen-bond donors (Lipinski definition) is 0. The van der Waals surface area contributed by atoms with Crippen LogP contribution < -0.4 is 0 Å². The summed E-state index contributed by atoms with van der Waals surface area (Å²) < 4.78 is 0.